The molecule has 0 amide bonds. The highest BCUT2D eigenvalue weighted by Gasteiger charge is 2.52. The Hall–Kier alpha value is -2.62. The summed E-state index contributed by atoms with van der Waals surface area (Å²) in [5.41, 5.74) is 3.28. The van der Waals surface area contributed by atoms with Crippen LogP contribution in [0.1, 0.15) is 94.9 Å². The fourth-order valence-electron chi connectivity index (χ4n) is 6.17. The highest BCUT2D eigenvalue weighted by molar-refractivity contribution is 7.53. The molecule has 52 heavy (non-hydrogen) atoms. The molecule has 2 heterocycles. The molecule has 0 radical (unpaired) electrons. The molecule has 0 N–H and O–H groups in total. The van der Waals surface area contributed by atoms with E-state index in [9.17, 15) is 4.57 Å². The van der Waals surface area contributed by atoms with E-state index < -0.39 is 44.2 Å². The molecule has 0 atom stereocenters. The minimum atomic E-state index is -2.97. The number of benzene rings is 3. The number of hydrogen-bond donors (Lipinski definition) is 0. The first-order valence-electron chi connectivity index (χ1n) is 18.8. The monoisotopic (exact) mass is 733 g/mol. The number of nitrogens with zero attached hydrogens (tertiary/aromatic N) is 1. The van der Waals surface area contributed by atoms with Crippen LogP contribution in [0.3, 0.4) is 0 Å². The molecule has 0 aromatic heterocycles. The zero-order valence-electron chi connectivity index (χ0n) is 32.9. The van der Waals surface area contributed by atoms with E-state index in [2.05, 4.69) is 121 Å². The van der Waals surface area contributed by atoms with Gasteiger partial charge in [0.05, 0.1) is 48.4 Å². The van der Waals surface area contributed by atoms with E-state index in [-0.39, 0.29) is 0 Å². The van der Waals surface area contributed by atoms with E-state index in [1.54, 1.807) is 0 Å². The molecule has 0 saturated carbocycles. The number of rotatable bonds is 17. The molecule has 2 saturated heterocycles. The van der Waals surface area contributed by atoms with E-state index in [1.807, 2.05) is 26.0 Å². The molecular formula is C40H58B2NO8P. The Kier molecular flexibility index (Phi) is 12.8. The largest absolute Gasteiger partial charge is 0.494 e. The van der Waals surface area contributed by atoms with Gasteiger partial charge in [0.15, 0.2) is 0 Å². The van der Waals surface area contributed by atoms with Gasteiger partial charge in [0, 0.05) is 17.1 Å². The Labute approximate surface area is 312 Å². The Morgan fingerprint density at radius 1 is 0.558 bits per heavy atom. The minimum absolute atomic E-state index is 0.394. The van der Waals surface area contributed by atoms with E-state index in [0.29, 0.717) is 26.0 Å². The van der Waals surface area contributed by atoms with Crippen LogP contribution in [0.2, 0.25) is 0 Å². The van der Waals surface area contributed by atoms with Crippen molar-refractivity contribution in [2.45, 2.75) is 117 Å². The van der Waals surface area contributed by atoms with Crippen LogP contribution in [0.4, 0.5) is 17.1 Å². The molecule has 2 aliphatic rings. The maximum Gasteiger partial charge on any atom is 0.494 e. The van der Waals surface area contributed by atoms with Crippen molar-refractivity contribution in [1.29, 1.82) is 0 Å². The second-order valence-corrected chi connectivity index (χ2v) is 17.8. The fourth-order valence-corrected chi connectivity index (χ4v) is 7.90. The molecule has 0 aliphatic carbocycles. The first kappa shape index (κ1) is 40.6. The molecule has 282 valence electrons. The lowest BCUT2D eigenvalue weighted by molar-refractivity contribution is 0.00578. The first-order valence-corrected chi connectivity index (χ1v) is 20.5. The van der Waals surface area contributed by atoms with Crippen LogP contribution in [-0.2, 0) is 32.2 Å². The van der Waals surface area contributed by atoms with Crippen molar-refractivity contribution in [3.8, 4) is 5.75 Å². The molecule has 3 aromatic rings. The Morgan fingerprint density at radius 2 is 0.923 bits per heavy atom. The van der Waals surface area contributed by atoms with Crippen molar-refractivity contribution in [3.05, 3.63) is 72.8 Å². The fraction of sp³-hybridized carbons (Fsp3) is 0.550. The van der Waals surface area contributed by atoms with Crippen molar-refractivity contribution < 1.29 is 37.0 Å². The summed E-state index contributed by atoms with van der Waals surface area (Å²) in [5.74, 6) is 0.813. The lowest BCUT2D eigenvalue weighted by Gasteiger charge is -2.32. The van der Waals surface area contributed by atoms with Gasteiger partial charge in [0.1, 0.15) is 5.75 Å². The van der Waals surface area contributed by atoms with E-state index in [0.717, 1.165) is 59.4 Å². The van der Waals surface area contributed by atoms with E-state index in [1.165, 1.54) is 0 Å². The first-order chi connectivity index (χ1) is 24.5. The molecule has 12 heteroatoms. The topological polar surface area (TPSA) is 84.9 Å². The van der Waals surface area contributed by atoms with Gasteiger partial charge in [-0.05, 0) is 142 Å². The van der Waals surface area contributed by atoms with Crippen molar-refractivity contribution in [2.75, 3.05) is 30.9 Å². The molecule has 0 unspecified atom stereocenters. The summed E-state index contributed by atoms with van der Waals surface area (Å²) in [7, 11) is -3.84. The second kappa shape index (κ2) is 16.4. The highest BCUT2D eigenvalue weighted by Crippen LogP contribution is 2.49. The van der Waals surface area contributed by atoms with E-state index in [4.69, 9.17) is 32.4 Å². The lowest BCUT2D eigenvalue weighted by Crippen LogP contribution is -2.41. The van der Waals surface area contributed by atoms with E-state index >= 15 is 0 Å². The summed E-state index contributed by atoms with van der Waals surface area (Å²) < 4.78 is 54.9. The SMILES string of the molecule is CCOP(=O)(CCCCCCOc1ccc(N(c2ccc(B3OC(C)(C)C(C)(C)O3)cc2)c2ccc(B3OC(C)(C)C(C)(C)O3)cc2)cc1)OCC. The van der Waals surface area contributed by atoms with Gasteiger partial charge in [0.2, 0.25) is 0 Å². The highest BCUT2D eigenvalue weighted by atomic mass is 31.2. The average molecular weight is 734 g/mol. The zero-order chi connectivity index (χ0) is 37.8. The number of ether oxygens (including phenoxy) is 1. The standard InChI is InChI=1S/C40H58B2NO8P/c1-11-46-52(44,47-12-2)30-16-14-13-15-29-45-36-27-25-35(26-28-36)43(33-21-17-31(18-22-33)41-48-37(3,4)38(5,6)49-41)34-23-19-32(20-24-34)42-50-39(7,8)40(9,10)51-42/h17-28H,11-16,29-30H2,1-10H3. The molecule has 3 aromatic carbocycles. The Balaban J connectivity index is 1.27. The molecule has 5 rings (SSSR count). The van der Waals surface area contributed by atoms with Crippen LogP contribution in [0.25, 0.3) is 0 Å². The third kappa shape index (κ3) is 9.35. The quantitative estimate of drug-likeness (QED) is 0.0767. The van der Waals surface area contributed by atoms with Gasteiger partial charge < -0.3 is 37.3 Å². The molecule has 2 fully saturated rings. The zero-order valence-corrected chi connectivity index (χ0v) is 33.8. The summed E-state index contributed by atoms with van der Waals surface area (Å²) in [6, 6.07) is 24.9. The number of hydrogen-bond acceptors (Lipinski definition) is 9. The van der Waals surface area contributed by atoms with Crippen LogP contribution in [-0.4, -0.2) is 62.6 Å². The van der Waals surface area contributed by atoms with Crippen LogP contribution >= 0.6 is 7.60 Å². The van der Waals surface area contributed by atoms with Gasteiger partial charge >= 0.3 is 21.8 Å². The molecule has 9 nitrogen and oxygen atoms in total. The molecular weight excluding hydrogens is 675 g/mol. The van der Waals surface area contributed by atoms with Crippen LogP contribution in [0, 0.1) is 0 Å². The molecule has 0 spiro atoms. The minimum Gasteiger partial charge on any atom is -0.494 e. The third-order valence-electron chi connectivity index (χ3n) is 10.7. The Bertz CT molecular complexity index is 1530. The normalized spacial score (nSPS) is 18.9. The summed E-state index contributed by atoms with van der Waals surface area (Å²) in [5, 5.41) is 0. The Morgan fingerprint density at radius 3 is 1.31 bits per heavy atom. The van der Waals surface area contributed by atoms with Gasteiger partial charge in [-0.3, -0.25) is 4.57 Å². The van der Waals surface area contributed by atoms with Crippen LogP contribution < -0.4 is 20.6 Å². The smallest absolute Gasteiger partial charge is 0.494 e. The molecule has 0 bridgehead atoms. The summed E-state index contributed by atoms with van der Waals surface area (Å²) >= 11 is 0. The van der Waals surface area contributed by atoms with Crippen molar-refractivity contribution in [2.24, 2.45) is 0 Å². The van der Waals surface area contributed by atoms with Gasteiger partial charge in [-0.2, -0.15) is 0 Å². The third-order valence-corrected chi connectivity index (χ3v) is 12.9. The second-order valence-electron chi connectivity index (χ2n) is 15.6. The van der Waals surface area contributed by atoms with Crippen LogP contribution in [0.15, 0.2) is 72.8 Å². The number of unbranched alkanes of at least 4 members (excludes halogenated alkanes) is 3. The summed E-state index contributed by atoms with van der Waals surface area (Å²) in [4.78, 5) is 2.22. The summed E-state index contributed by atoms with van der Waals surface area (Å²) in [6.45, 7) is 21.6. The predicted octanol–water partition coefficient (Wildman–Crippen LogP) is 8.96. The lowest BCUT2D eigenvalue weighted by atomic mass is 9.79. The van der Waals surface area contributed by atoms with Crippen molar-refractivity contribution >= 4 is 49.8 Å². The van der Waals surface area contributed by atoms with Crippen molar-refractivity contribution in [3.63, 3.8) is 0 Å². The predicted molar refractivity (Wildman–Crippen MR) is 212 cm³/mol. The molecule has 2 aliphatic heterocycles. The number of anilines is 3. The maximum atomic E-state index is 12.7. The summed E-state index contributed by atoms with van der Waals surface area (Å²) in [6.07, 6.45) is 4.09. The van der Waals surface area contributed by atoms with Gasteiger partial charge in [-0.25, -0.2) is 0 Å². The van der Waals surface area contributed by atoms with Crippen molar-refractivity contribution in [1.82, 2.24) is 0 Å². The van der Waals surface area contributed by atoms with Gasteiger partial charge in [-0.1, -0.05) is 37.1 Å². The van der Waals surface area contributed by atoms with Gasteiger partial charge in [-0.15, -0.1) is 0 Å². The van der Waals surface area contributed by atoms with Gasteiger partial charge in [0.25, 0.3) is 0 Å². The maximum absolute atomic E-state index is 12.7. The average Bonchev–Trinajstić information content (AvgIpc) is 3.45. The van der Waals surface area contributed by atoms with Crippen LogP contribution in [0.5, 0.6) is 5.75 Å².